The van der Waals surface area contributed by atoms with Crippen LogP contribution in [-0.4, -0.2) is 67.7 Å². The van der Waals surface area contributed by atoms with Crippen molar-refractivity contribution in [2.45, 2.75) is 13.3 Å². The molecule has 3 rings (SSSR count). The first-order valence-electron chi connectivity index (χ1n) is 10.5. The Labute approximate surface area is 187 Å². The van der Waals surface area contributed by atoms with E-state index >= 15 is 0 Å². The average molecular weight is 446 g/mol. The van der Waals surface area contributed by atoms with Gasteiger partial charge in [-0.05, 0) is 43.7 Å². The molecule has 7 nitrogen and oxygen atoms in total. The van der Waals surface area contributed by atoms with Crippen LogP contribution in [0.15, 0.2) is 48.5 Å². The molecule has 166 valence electrons. The zero-order valence-electron chi connectivity index (χ0n) is 17.7. The van der Waals surface area contributed by atoms with Crippen LogP contribution in [0, 0.1) is 0 Å². The molecule has 2 aromatic rings. The molecule has 1 heterocycles. The van der Waals surface area contributed by atoms with E-state index in [9.17, 15) is 9.59 Å². The predicted octanol–water partition coefficient (Wildman–Crippen LogP) is 4.14. The molecule has 0 radical (unpaired) electrons. The summed E-state index contributed by atoms with van der Waals surface area (Å²) in [7, 11) is 0. The van der Waals surface area contributed by atoms with Crippen LogP contribution in [0.1, 0.15) is 23.7 Å². The van der Waals surface area contributed by atoms with Crippen LogP contribution in [0.4, 0.5) is 10.5 Å². The molecule has 1 aliphatic rings. The molecule has 0 aromatic heterocycles. The summed E-state index contributed by atoms with van der Waals surface area (Å²) in [4.78, 5) is 29.3. The Hall–Kier alpha value is -2.77. The van der Waals surface area contributed by atoms with E-state index in [4.69, 9.17) is 21.1 Å². The smallest absolute Gasteiger partial charge is 0.321 e. The first-order chi connectivity index (χ1) is 15.1. The van der Waals surface area contributed by atoms with Gasteiger partial charge >= 0.3 is 6.03 Å². The second-order valence-corrected chi connectivity index (χ2v) is 7.55. The molecule has 1 N–H and O–H groups in total. The van der Waals surface area contributed by atoms with Crippen LogP contribution in [-0.2, 0) is 4.74 Å². The third-order valence-electron chi connectivity index (χ3n) is 4.95. The zero-order chi connectivity index (χ0) is 22.1. The number of carbonyl (C=O) groups excluding carboxylic acids is 2. The normalized spacial score (nSPS) is 14.1. The number of nitrogens with zero attached hydrogens (tertiary/aromatic N) is 2. The summed E-state index contributed by atoms with van der Waals surface area (Å²) in [6.07, 6.45) is 0.696. The quantitative estimate of drug-likeness (QED) is 0.650. The van der Waals surface area contributed by atoms with E-state index in [0.29, 0.717) is 74.4 Å². The fourth-order valence-electron chi connectivity index (χ4n) is 3.39. The van der Waals surface area contributed by atoms with Crippen molar-refractivity contribution in [2.24, 2.45) is 0 Å². The second-order valence-electron chi connectivity index (χ2n) is 7.11. The highest BCUT2D eigenvalue weighted by atomic mass is 35.5. The van der Waals surface area contributed by atoms with Crippen molar-refractivity contribution < 1.29 is 19.1 Å². The molecule has 1 fully saturated rings. The number of amides is 3. The van der Waals surface area contributed by atoms with Gasteiger partial charge in [0.15, 0.2) is 0 Å². The van der Waals surface area contributed by atoms with Gasteiger partial charge in [0.1, 0.15) is 12.4 Å². The molecule has 0 atom stereocenters. The fourth-order valence-corrected chi connectivity index (χ4v) is 3.58. The Morgan fingerprint density at radius 2 is 1.77 bits per heavy atom. The number of benzene rings is 2. The number of carbonyl (C=O) groups is 2. The molecule has 31 heavy (non-hydrogen) atoms. The third-order valence-corrected chi connectivity index (χ3v) is 5.19. The van der Waals surface area contributed by atoms with E-state index in [1.807, 2.05) is 19.1 Å². The lowest BCUT2D eigenvalue weighted by molar-refractivity contribution is 0.0752. The van der Waals surface area contributed by atoms with Crippen molar-refractivity contribution in [1.82, 2.24) is 9.80 Å². The molecule has 0 unspecified atom stereocenters. The van der Waals surface area contributed by atoms with Crippen LogP contribution in [0.25, 0.3) is 0 Å². The highest BCUT2D eigenvalue weighted by Gasteiger charge is 2.24. The maximum Gasteiger partial charge on any atom is 0.321 e. The zero-order valence-corrected chi connectivity index (χ0v) is 18.4. The van der Waals surface area contributed by atoms with Gasteiger partial charge in [-0.2, -0.15) is 0 Å². The van der Waals surface area contributed by atoms with E-state index in [1.165, 1.54) is 0 Å². The SMILES string of the molecule is CCOCCOc1ccccc1C(=O)N1CCCN(C(=O)Nc2cccc(Cl)c2)CC1. The standard InChI is InChI=1S/C23H28ClN3O4/c1-2-30-15-16-31-21-10-4-3-9-20(21)22(28)26-11-6-12-27(14-13-26)23(29)25-19-8-5-7-18(24)17-19/h3-5,7-10,17H,2,6,11-16H2,1H3,(H,25,29). The second kappa shape index (κ2) is 11.6. The van der Waals surface area contributed by atoms with Crippen molar-refractivity contribution in [2.75, 3.05) is 51.3 Å². The van der Waals surface area contributed by atoms with Gasteiger partial charge in [-0.3, -0.25) is 4.79 Å². The molecule has 8 heteroatoms. The lowest BCUT2D eigenvalue weighted by Gasteiger charge is -2.23. The molecule has 1 aliphatic heterocycles. The molecule has 1 saturated heterocycles. The van der Waals surface area contributed by atoms with Gasteiger partial charge in [0.2, 0.25) is 0 Å². The molecule has 3 amide bonds. The monoisotopic (exact) mass is 445 g/mol. The van der Waals surface area contributed by atoms with Crippen molar-refractivity contribution >= 4 is 29.2 Å². The Kier molecular flexibility index (Phi) is 8.55. The first kappa shape index (κ1) is 22.9. The Morgan fingerprint density at radius 3 is 2.58 bits per heavy atom. The van der Waals surface area contributed by atoms with Gasteiger partial charge in [-0.25, -0.2) is 4.79 Å². The van der Waals surface area contributed by atoms with E-state index in [2.05, 4.69) is 5.32 Å². The van der Waals surface area contributed by atoms with Gasteiger partial charge in [-0.1, -0.05) is 29.8 Å². The molecule has 0 aliphatic carbocycles. The summed E-state index contributed by atoms with van der Waals surface area (Å²) in [5.74, 6) is 0.455. The number of para-hydroxylation sites is 1. The summed E-state index contributed by atoms with van der Waals surface area (Å²) in [6.45, 7) is 5.46. The van der Waals surface area contributed by atoms with Crippen LogP contribution in [0.5, 0.6) is 5.75 Å². The lowest BCUT2D eigenvalue weighted by atomic mass is 10.1. The molecule has 0 saturated carbocycles. The van der Waals surface area contributed by atoms with Crippen LogP contribution >= 0.6 is 11.6 Å². The number of hydrogen-bond acceptors (Lipinski definition) is 4. The van der Waals surface area contributed by atoms with Crippen LogP contribution in [0.2, 0.25) is 5.02 Å². The van der Waals surface area contributed by atoms with Crippen molar-refractivity contribution in [3.8, 4) is 5.75 Å². The minimum Gasteiger partial charge on any atom is -0.490 e. The minimum absolute atomic E-state index is 0.0934. The van der Waals surface area contributed by atoms with Gasteiger partial charge in [0, 0.05) is 43.5 Å². The predicted molar refractivity (Wildman–Crippen MR) is 121 cm³/mol. The highest BCUT2D eigenvalue weighted by molar-refractivity contribution is 6.30. The highest BCUT2D eigenvalue weighted by Crippen LogP contribution is 2.21. The van der Waals surface area contributed by atoms with Crippen molar-refractivity contribution in [1.29, 1.82) is 0 Å². The summed E-state index contributed by atoms with van der Waals surface area (Å²) >= 11 is 5.99. The molecular formula is C23H28ClN3O4. The van der Waals surface area contributed by atoms with E-state index in [-0.39, 0.29) is 11.9 Å². The van der Waals surface area contributed by atoms with Crippen molar-refractivity contribution in [3.63, 3.8) is 0 Å². The summed E-state index contributed by atoms with van der Waals surface area (Å²) in [6, 6.07) is 14.1. The largest absolute Gasteiger partial charge is 0.490 e. The first-order valence-corrected chi connectivity index (χ1v) is 10.9. The van der Waals surface area contributed by atoms with Gasteiger partial charge < -0.3 is 24.6 Å². The number of nitrogens with one attached hydrogen (secondary N) is 1. The number of rotatable bonds is 7. The minimum atomic E-state index is -0.198. The molecule has 0 bridgehead atoms. The van der Waals surface area contributed by atoms with Crippen LogP contribution in [0.3, 0.4) is 0 Å². The summed E-state index contributed by atoms with van der Waals surface area (Å²) in [5, 5.41) is 3.43. The lowest BCUT2D eigenvalue weighted by Crippen LogP contribution is -2.39. The van der Waals surface area contributed by atoms with Gasteiger partial charge in [0.05, 0.1) is 12.2 Å². The molecular weight excluding hydrogens is 418 g/mol. The summed E-state index contributed by atoms with van der Waals surface area (Å²) < 4.78 is 11.1. The number of ether oxygens (including phenoxy) is 2. The average Bonchev–Trinajstić information content (AvgIpc) is 3.03. The molecule has 0 spiro atoms. The Morgan fingerprint density at radius 1 is 1.00 bits per heavy atom. The van der Waals surface area contributed by atoms with Gasteiger partial charge in [0.25, 0.3) is 5.91 Å². The maximum absolute atomic E-state index is 13.1. The van der Waals surface area contributed by atoms with E-state index in [0.717, 1.165) is 0 Å². The van der Waals surface area contributed by atoms with Crippen molar-refractivity contribution in [3.05, 3.63) is 59.1 Å². The summed E-state index contributed by atoms with van der Waals surface area (Å²) in [5.41, 5.74) is 1.17. The Bertz CT molecular complexity index is 893. The van der Waals surface area contributed by atoms with Crippen LogP contribution < -0.4 is 10.1 Å². The Balaban J connectivity index is 1.59. The third kappa shape index (κ3) is 6.60. The number of hydrogen-bond donors (Lipinski definition) is 1. The number of urea groups is 1. The number of anilines is 1. The fraction of sp³-hybridized carbons (Fsp3) is 0.391. The molecule has 2 aromatic carbocycles. The number of halogens is 1. The van der Waals surface area contributed by atoms with E-state index in [1.54, 1.807) is 46.2 Å². The topological polar surface area (TPSA) is 71.1 Å². The van der Waals surface area contributed by atoms with Gasteiger partial charge in [-0.15, -0.1) is 0 Å². The van der Waals surface area contributed by atoms with E-state index < -0.39 is 0 Å². The maximum atomic E-state index is 13.1.